The van der Waals surface area contributed by atoms with Gasteiger partial charge in [-0.25, -0.2) is 0 Å². The van der Waals surface area contributed by atoms with Gasteiger partial charge >= 0.3 is 0 Å². The standard InChI is InChI=1S/C22H23N5O3S2/c1-2-14-6-3-4-8-16(14)23-18(28)13-32-22-25-24-21-26(12-15-7-5-10-30-15)20(29)19-17(27(21)22)9-11-31-19/h3-4,6,8-9,11,15H,2,5,7,10,12-13H2,1H3,(H,23,28)/t15-/m0/s1. The van der Waals surface area contributed by atoms with Crippen LogP contribution in [0.2, 0.25) is 0 Å². The molecule has 5 rings (SSSR count). The molecule has 1 saturated heterocycles. The molecule has 0 spiro atoms. The van der Waals surface area contributed by atoms with E-state index in [-0.39, 0.29) is 23.3 Å². The van der Waals surface area contributed by atoms with Gasteiger partial charge in [0.25, 0.3) is 5.56 Å². The van der Waals surface area contributed by atoms with Crippen LogP contribution in [0.1, 0.15) is 25.3 Å². The molecule has 1 aliphatic rings. The molecule has 0 radical (unpaired) electrons. The van der Waals surface area contributed by atoms with Crippen molar-refractivity contribution in [2.24, 2.45) is 0 Å². The number of nitrogens with zero attached hydrogens (tertiary/aromatic N) is 4. The Hall–Kier alpha value is -2.69. The van der Waals surface area contributed by atoms with Crippen LogP contribution >= 0.6 is 23.1 Å². The highest BCUT2D eigenvalue weighted by Gasteiger charge is 2.23. The van der Waals surface area contributed by atoms with Gasteiger partial charge in [-0.3, -0.25) is 18.6 Å². The van der Waals surface area contributed by atoms with Gasteiger partial charge in [-0.2, -0.15) is 0 Å². The summed E-state index contributed by atoms with van der Waals surface area (Å²) in [6.45, 7) is 3.23. The van der Waals surface area contributed by atoms with Crippen LogP contribution in [0.5, 0.6) is 0 Å². The highest BCUT2D eigenvalue weighted by molar-refractivity contribution is 7.99. The molecule has 4 heterocycles. The first-order valence-electron chi connectivity index (χ1n) is 10.6. The van der Waals surface area contributed by atoms with Crippen molar-refractivity contribution in [2.75, 3.05) is 17.7 Å². The Kier molecular flexibility index (Phi) is 5.99. The summed E-state index contributed by atoms with van der Waals surface area (Å²) in [6, 6.07) is 9.69. The fraction of sp³-hybridized carbons (Fsp3) is 0.364. The van der Waals surface area contributed by atoms with Crippen molar-refractivity contribution >= 4 is 50.7 Å². The molecule has 1 atom stereocenters. The summed E-state index contributed by atoms with van der Waals surface area (Å²) in [5, 5.41) is 14.1. The summed E-state index contributed by atoms with van der Waals surface area (Å²) in [6.07, 6.45) is 2.78. The van der Waals surface area contributed by atoms with Gasteiger partial charge in [-0.1, -0.05) is 36.9 Å². The maximum Gasteiger partial charge on any atom is 0.272 e. The number of fused-ring (bicyclic) bond motifs is 3. The van der Waals surface area contributed by atoms with E-state index in [0.29, 0.717) is 22.2 Å². The maximum atomic E-state index is 13.1. The lowest BCUT2D eigenvalue weighted by Gasteiger charge is -2.13. The first-order valence-corrected chi connectivity index (χ1v) is 12.5. The van der Waals surface area contributed by atoms with Crippen molar-refractivity contribution in [3.8, 4) is 0 Å². The smallest absolute Gasteiger partial charge is 0.272 e. The molecule has 4 aromatic rings. The predicted octanol–water partition coefficient (Wildman–Crippen LogP) is 3.58. The minimum Gasteiger partial charge on any atom is -0.376 e. The number of para-hydroxylation sites is 1. The second-order valence-electron chi connectivity index (χ2n) is 7.65. The van der Waals surface area contributed by atoms with Gasteiger partial charge in [0.05, 0.1) is 23.9 Å². The van der Waals surface area contributed by atoms with Crippen LogP contribution < -0.4 is 10.9 Å². The van der Waals surface area contributed by atoms with Gasteiger partial charge in [0.15, 0.2) is 5.16 Å². The lowest BCUT2D eigenvalue weighted by atomic mass is 10.1. The van der Waals surface area contributed by atoms with Crippen molar-refractivity contribution in [3.63, 3.8) is 0 Å². The molecule has 3 aromatic heterocycles. The van der Waals surface area contributed by atoms with Gasteiger partial charge < -0.3 is 10.1 Å². The summed E-state index contributed by atoms with van der Waals surface area (Å²) in [5.74, 6) is 0.563. The third-order valence-corrected chi connectivity index (χ3v) is 7.42. The number of thiophene rings is 1. The quantitative estimate of drug-likeness (QED) is 0.416. The Morgan fingerprint density at radius 1 is 1.31 bits per heavy atom. The summed E-state index contributed by atoms with van der Waals surface area (Å²) in [5.41, 5.74) is 2.62. The summed E-state index contributed by atoms with van der Waals surface area (Å²) < 4.78 is 9.93. The first-order chi connectivity index (χ1) is 15.7. The van der Waals surface area contributed by atoms with Gasteiger partial charge in [0.2, 0.25) is 11.7 Å². The lowest BCUT2D eigenvalue weighted by Crippen LogP contribution is -2.28. The van der Waals surface area contributed by atoms with Crippen molar-refractivity contribution < 1.29 is 9.53 Å². The molecule has 10 heteroatoms. The van der Waals surface area contributed by atoms with E-state index in [0.717, 1.165) is 42.6 Å². The van der Waals surface area contributed by atoms with E-state index in [2.05, 4.69) is 22.4 Å². The zero-order valence-corrected chi connectivity index (χ0v) is 19.2. The van der Waals surface area contributed by atoms with Gasteiger partial charge in [-0.05, 0) is 42.3 Å². The molecule has 166 valence electrons. The Labute approximate surface area is 192 Å². The Balaban J connectivity index is 1.43. The Bertz CT molecular complexity index is 1340. The topological polar surface area (TPSA) is 90.5 Å². The van der Waals surface area contributed by atoms with Crippen LogP contribution in [0.3, 0.4) is 0 Å². The van der Waals surface area contributed by atoms with Gasteiger partial charge in [0, 0.05) is 12.3 Å². The van der Waals surface area contributed by atoms with Crippen LogP contribution in [0.15, 0.2) is 45.7 Å². The maximum absolute atomic E-state index is 13.1. The molecule has 0 aliphatic carbocycles. The molecule has 0 saturated carbocycles. The van der Waals surface area contributed by atoms with Crippen LogP contribution in [0.25, 0.3) is 16.0 Å². The first kappa shape index (κ1) is 21.2. The normalized spacial score (nSPS) is 16.2. The van der Waals surface area contributed by atoms with Gasteiger partial charge in [-0.15, -0.1) is 21.5 Å². The summed E-state index contributed by atoms with van der Waals surface area (Å²) in [4.78, 5) is 25.7. The highest BCUT2D eigenvalue weighted by Crippen LogP contribution is 2.25. The number of anilines is 1. The summed E-state index contributed by atoms with van der Waals surface area (Å²) >= 11 is 2.71. The number of amides is 1. The van der Waals surface area contributed by atoms with Gasteiger partial charge in [0.1, 0.15) is 4.70 Å². The van der Waals surface area contributed by atoms with E-state index in [9.17, 15) is 9.59 Å². The molecule has 8 nitrogen and oxygen atoms in total. The van der Waals surface area contributed by atoms with Crippen LogP contribution in [-0.2, 0) is 22.5 Å². The number of nitrogens with one attached hydrogen (secondary N) is 1. The number of benzene rings is 1. The molecule has 1 aliphatic heterocycles. The van der Waals surface area contributed by atoms with Crippen LogP contribution in [-0.4, -0.2) is 43.5 Å². The molecule has 0 bridgehead atoms. The monoisotopic (exact) mass is 469 g/mol. The second kappa shape index (κ2) is 9.05. The molecule has 1 N–H and O–H groups in total. The fourth-order valence-corrected chi connectivity index (χ4v) is 5.58. The molecule has 1 amide bonds. The number of carbonyl (C=O) groups excluding carboxylic acids is 1. The average molecular weight is 470 g/mol. The number of hydrogen-bond donors (Lipinski definition) is 1. The number of hydrogen-bond acceptors (Lipinski definition) is 7. The molecule has 1 aromatic carbocycles. The van der Waals surface area contributed by atoms with Crippen LogP contribution in [0, 0.1) is 0 Å². The fourth-order valence-electron chi connectivity index (χ4n) is 4.02. The Morgan fingerprint density at radius 3 is 3.00 bits per heavy atom. The minimum atomic E-state index is -0.109. The largest absolute Gasteiger partial charge is 0.376 e. The van der Waals surface area contributed by atoms with E-state index in [1.165, 1.54) is 23.1 Å². The second-order valence-corrected chi connectivity index (χ2v) is 9.51. The lowest BCUT2D eigenvalue weighted by molar-refractivity contribution is -0.113. The number of carbonyl (C=O) groups is 1. The van der Waals surface area contributed by atoms with E-state index in [1.54, 1.807) is 4.57 Å². The zero-order valence-electron chi connectivity index (χ0n) is 17.6. The number of aryl methyl sites for hydroxylation is 1. The van der Waals surface area contributed by atoms with Crippen LogP contribution in [0.4, 0.5) is 5.69 Å². The summed E-state index contributed by atoms with van der Waals surface area (Å²) in [7, 11) is 0. The average Bonchev–Trinajstić information content (AvgIpc) is 3.56. The molecule has 32 heavy (non-hydrogen) atoms. The van der Waals surface area contributed by atoms with E-state index in [4.69, 9.17) is 4.74 Å². The zero-order chi connectivity index (χ0) is 22.1. The minimum absolute atomic E-state index is 0.00567. The number of rotatable bonds is 7. The van der Waals surface area contributed by atoms with E-state index in [1.807, 2.05) is 40.1 Å². The predicted molar refractivity (Wildman–Crippen MR) is 127 cm³/mol. The third kappa shape index (κ3) is 3.94. The third-order valence-electron chi connectivity index (χ3n) is 5.60. The number of ether oxygens (including phenoxy) is 1. The molecule has 0 unspecified atom stereocenters. The Morgan fingerprint density at radius 2 is 2.19 bits per heavy atom. The highest BCUT2D eigenvalue weighted by atomic mass is 32.2. The number of aromatic nitrogens is 4. The SMILES string of the molecule is CCc1ccccc1NC(=O)CSc1nnc2n(C[C@@H]3CCCO3)c(=O)c3sccc3n12. The molecular formula is C22H23N5O3S2. The van der Waals surface area contributed by atoms with Crippen molar-refractivity contribution in [1.82, 2.24) is 19.2 Å². The molecule has 1 fully saturated rings. The van der Waals surface area contributed by atoms with Crippen molar-refractivity contribution in [1.29, 1.82) is 0 Å². The molecular weight excluding hydrogens is 446 g/mol. The van der Waals surface area contributed by atoms with Crippen molar-refractivity contribution in [2.45, 2.75) is 44.0 Å². The van der Waals surface area contributed by atoms with E-state index < -0.39 is 0 Å². The number of thioether (sulfide) groups is 1. The van der Waals surface area contributed by atoms with E-state index >= 15 is 0 Å². The van der Waals surface area contributed by atoms with Crippen molar-refractivity contribution in [3.05, 3.63) is 51.6 Å².